The second-order valence-corrected chi connectivity index (χ2v) is 2.95. The number of aliphatic hydroxyl groups excluding tert-OH is 1. The molecule has 0 radical (unpaired) electrons. The van der Waals surface area contributed by atoms with Crippen molar-refractivity contribution >= 4 is 5.91 Å². The van der Waals surface area contributed by atoms with Gasteiger partial charge in [0.15, 0.2) is 0 Å². The summed E-state index contributed by atoms with van der Waals surface area (Å²) in [6.45, 7) is 1.72. The molecule has 1 rings (SSSR count). The van der Waals surface area contributed by atoms with Gasteiger partial charge in [-0.1, -0.05) is 0 Å². The highest BCUT2D eigenvalue weighted by Gasteiger charge is 2.10. The van der Waals surface area contributed by atoms with Crippen LogP contribution < -0.4 is 5.32 Å². The molecule has 14 heavy (non-hydrogen) atoms. The van der Waals surface area contributed by atoms with Gasteiger partial charge in [0.05, 0.1) is 17.9 Å². The number of carbonyl (C=O) groups is 1. The average molecular weight is 196 g/mol. The van der Waals surface area contributed by atoms with Gasteiger partial charge in [-0.2, -0.15) is 0 Å². The molecule has 0 fully saturated rings. The van der Waals surface area contributed by atoms with Gasteiger partial charge < -0.3 is 15.5 Å². The Morgan fingerprint density at radius 1 is 1.71 bits per heavy atom. The van der Waals surface area contributed by atoms with Crippen molar-refractivity contribution in [1.29, 1.82) is 0 Å². The minimum atomic E-state index is -0.608. The van der Waals surface area contributed by atoms with E-state index in [0.29, 0.717) is 0 Å². The van der Waals surface area contributed by atoms with Crippen LogP contribution in [0.2, 0.25) is 0 Å². The highest BCUT2D eigenvalue weighted by atomic mass is 16.3. The summed E-state index contributed by atoms with van der Waals surface area (Å²) in [6, 6.07) is 1.41. The van der Waals surface area contributed by atoms with Crippen molar-refractivity contribution in [3.05, 3.63) is 24.0 Å². The molecule has 0 spiro atoms. The molecule has 3 N–H and O–H groups in total. The van der Waals surface area contributed by atoms with Gasteiger partial charge in [0, 0.05) is 12.7 Å². The number of rotatable bonds is 3. The van der Waals surface area contributed by atoms with E-state index in [1.165, 1.54) is 18.5 Å². The van der Waals surface area contributed by atoms with Crippen LogP contribution >= 0.6 is 0 Å². The zero-order valence-corrected chi connectivity index (χ0v) is 7.77. The van der Waals surface area contributed by atoms with E-state index in [4.69, 9.17) is 5.11 Å². The molecule has 0 aliphatic heterocycles. The number of hydrogen-bond donors (Lipinski definition) is 3. The topological polar surface area (TPSA) is 82.5 Å². The predicted molar refractivity (Wildman–Crippen MR) is 49.9 cm³/mol. The van der Waals surface area contributed by atoms with Gasteiger partial charge in [-0.25, -0.2) is 0 Å². The fourth-order valence-corrected chi connectivity index (χ4v) is 0.914. The van der Waals surface area contributed by atoms with Crippen molar-refractivity contribution in [3.63, 3.8) is 0 Å². The maximum Gasteiger partial charge on any atom is 0.255 e. The van der Waals surface area contributed by atoms with Gasteiger partial charge in [0.25, 0.3) is 5.91 Å². The van der Waals surface area contributed by atoms with Crippen LogP contribution in [0.5, 0.6) is 5.75 Å². The molecule has 5 nitrogen and oxygen atoms in total. The number of nitrogens with zero attached hydrogens (tertiary/aromatic N) is 1. The first-order valence-corrected chi connectivity index (χ1v) is 4.20. The van der Waals surface area contributed by atoms with Crippen LogP contribution in [-0.4, -0.2) is 33.8 Å². The summed E-state index contributed by atoms with van der Waals surface area (Å²) in [5.41, 5.74) is 0.153. The van der Waals surface area contributed by atoms with Crippen LogP contribution in [0, 0.1) is 0 Å². The Hall–Kier alpha value is -1.62. The molecule has 1 aromatic rings. The Morgan fingerprint density at radius 3 is 3.00 bits per heavy atom. The molecular formula is C9H12N2O3. The molecule has 0 aliphatic rings. The Balaban J connectivity index is 2.65. The minimum absolute atomic E-state index is 0.153. The van der Waals surface area contributed by atoms with Crippen molar-refractivity contribution in [2.75, 3.05) is 6.54 Å². The summed E-state index contributed by atoms with van der Waals surface area (Å²) in [7, 11) is 0. The lowest BCUT2D eigenvalue weighted by atomic mass is 10.2. The molecule has 5 heteroatoms. The quantitative estimate of drug-likeness (QED) is 0.630. The van der Waals surface area contributed by atoms with Crippen molar-refractivity contribution in [1.82, 2.24) is 10.3 Å². The van der Waals surface area contributed by atoms with Crippen molar-refractivity contribution in [2.24, 2.45) is 0 Å². The van der Waals surface area contributed by atoms with Gasteiger partial charge >= 0.3 is 0 Å². The van der Waals surface area contributed by atoms with Crippen LogP contribution in [0.4, 0.5) is 0 Å². The first kappa shape index (κ1) is 10.5. The van der Waals surface area contributed by atoms with E-state index in [1.54, 1.807) is 6.92 Å². The molecule has 0 saturated carbocycles. The summed E-state index contributed by atoms with van der Waals surface area (Å²) < 4.78 is 0. The Morgan fingerprint density at radius 2 is 2.43 bits per heavy atom. The van der Waals surface area contributed by atoms with Crippen LogP contribution in [-0.2, 0) is 0 Å². The second kappa shape index (κ2) is 4.57. The van der Waals surface area contributed by atoms with Gasteiger partial charge in [-0.3, -0.25) is 9.78 Å². The largest absolute Gasteiger partial charge is 0.505 e. The fourth-order valence-electron chi connectivity index (χ4n) is 0.914. The minimum Gasteiger partial charge on any atom is -0.505 e. The lowest BCUT2D eigenvalue weighted by Gasteiger charge is -2.07. The van der Waals surface area contributed by atoms with Crippen LogP contribution in [0.25, 0.3) is 0 Å². The summed E-state index contributed by atoms with van der Waals surface area (Å²) in [6.07, 6.45) is 2.00. The molecule has 1 atom stereocenters. The lowest BCUT2D eigenvalue weighted by molar-refractivity contribution is 0.0921. The second-order valence-electron chi connectivity index (χ2n) is 2.95. The SMILES string of the molecule is C[C@H](O)CNC(=O)c1ccncc1O. The van der Waals surface area contributed by atoms with E-state index >= 15 is 0 Å². The molecule has 0 saturated heterocycles. The molecule has 76 valence electrons. The molecular weight excluding hydrogens is 184 g/mol. The Bertz CT molecular complexity index is 326. The molecule has 1 heterocycles. The number of hydrogen-bond acceptors (Lipinski definition) is 4. The third-order valence-electron chi connectivity index (χ3n) is 1.60. The smallest absolute Gasteiger partial charge is 0.255 e. The molecule has 0 bridgehead atoms. The fraction of sp³-hybridized carbons (Fsp3) is 0.333. The van der Waals surface area contributed by atoms with Gasteiger partial charge in [-0.05, 0) is 13.0 Å². The summed E-state index contributed by atoms with van der Waals surface area (Å²) >= 11 is 0. The molecule has 1 amide bonds. The molecule has 0 aliphatic carbocycles. The van der Waals surface area contributed by atoms with E-state index in [9.17, 15) is 9.90 Å². The first-order valence-electron chi connectivity index (χ1n) is 4.20. The van der Waals surface area contributed by atoms with Crippen molar-refractivity contribution in [3.8, 4) is 5.75 Å². The average Bonchev–Trinajstić information content (AvgIpc) is 2.15. The summed E-state index contributed by atoms with van der Waals surface area (Å²) in [4.78, 5) is 15.0. The number of aliphatic hydroxyl groups is 1. The number of aromatic hydroxyl groups is 1. The number of nitrogens with one attached hydrogen (secondary N) is 1. The van der Waals surface area contributed by atoms with E-state index in [-0.39, 0.29) is 17.9 Å². The number of amides is 1. The zero-order chi connectivity index (χ0) is 10.6. The normalized spacial score (nSPS) is 12.1. The number of carbonyl (C=O) groups excluding carboxylic acids is 1. The first-order chi connectivity index (χ1) is 6.61. The Kier molecular flexibility index (Phi) is 3.41. The summed E-state index contributed by atoms with van der Waals surface area (Å²) in [5.74, 6) is -0.596. The van der Waals surface area contributed by atoms with Gasteiger partial charge in [0.1, 0.15) is 5.75 Å². The molecule has 0 unspecified atom stereocenters. The monoisotopic (exact) mass is 196 g/mol. The zero-order valence-electron chi connectivity index (χ0n) is 7.77. The summed E-state index contributed by atoms with van der Waals surface area (Å²) in [5, 5.41) is 20.7. The third-order valence-corrected chi connectivity index (χ3v) is 1.60. The van der Waals surface area contributed by atoms with Crippen LogP contribution in [0.15, 0.2) is 18.5 Å². The molecule has 0 aromatic carbocycles. The highest BCUT2D eigenvalue weighted by Crippen LogP contribution is 2.12. The number of pyridine rings is 1. The van der Waals surface area contributed by atoms with E-state index in [1.807, 2.05) is 0 Å². The standard InChI is InChI=1S/C9H12N2O3/c1-6(12)4-11-9(14)7-2-3-10-5-8(7)13/h2-3,5-6,12-13H,4H2,1H3,(H,11,14)/t6-/m0/s1. The third kappa shape index (κ3) is 2.70. The van der Waals surface area contributed by atoms with Gasteiger partial charge in [-0.15, -0.1) is 0 Å². The predicted octanol–water partition coefficient (Wildman–Crippen LogP) is -0.102. The maximum absolute atomic E-state index is 11.4. The highest BCUT2D eigenvalue weighted by molar-refractivity contribution is 5.96. The van der Waals surface area contributed by atoms with Crippen molar-refractivity contribution < 1.29 is 15.0 Å². The lowest BCUT2D eigenvalue weighted by Crippen LogP contribution is -2.30. The van der Waals surface area contributed by atoms with E-state index in [0.717, 1.165) is 0 Å². The van der Waals surface area contributed by atoms with E-state index < -0.39 is 12.0 Å². The Labute approximate surface area is 81.4 Å². The van der Waals surface area contributed by atoms with Crippen molar-refractivity contribution in [2.45, 2.75) is 13.0 Å². The number of aromatic nitrogens is 1. The van der Waals surface area contributed by atoms with Crippen LogP contribution in [0.1, 0.15) is 17.3 Å². The maximum atomic E-state index is 11.4. The van der Waals surface area contributed by atoms with Crippen LogP contribution in [0.3, 0.4) is 0 Å². The molecule has 1 aromatic heterocycles. The van der Waals surface area contributed by atoms with E-state index in [2.05, 4.69) is 10.3 Å². The van der Waals surface area contributed by atoms with Gasteiger partial charge in [0.2, 0.25) is 0 Å².